The third-order valence-electron chi connectivity index (χ3n) is 19.0. The number of anilines is 2. The molecule has 6 aliphatic heterocycles. The monoisotopic (exact) mass is 1280 g/mol. The summed E-state index contributed by atoms with van der Waals surface area (Å²) in [6.45, 7) is 6.69. The Morgan fingerprint density at radius 2 is 1.16 bits per heavy atom. The highest BCUT2D eigenvalue weighted by atomic mass is 19.4. The molecule has 6 aliphatic rings. The number of esters is 1. The summed E-state index contributed by atoms with van der Waals surface area (Å²) in [5.74, 6) is -1.23. The van der Waals surface area contributed by atoms with Crippen LogP contribution in [-0.4, -0.2) is 194 Å². The lowest BCUT2D eigenvalue weighted by molar-refractivity contribution is -0.231. The minimum Gasteiger partial charge on any atom is -0.469 e. The molecule has 0 spiro atoms. The fourth-order valence-electron chi connectivity index (χ4n) is 13.2. The molecule has 10 rings (SSSR count). The summed E-state index contributed by atoms with van der Waals surface area (Å²) in [7, 11) is 1.75. The molecule has 4 N–H and O–H groups in total. The van der Waals surface area contributed by atoms with Gasteiger partial charge in [0.05, 0.1) is 88.0 Å². The van der Waals surface area contributed by atoms with Crippen molar-refractivity contribution < 1.29 is 78.4 Å². The van der Waals surface area contributed by atoms with Gasteiger partial charge in [-0.2, -0.15) is 26.3 Å². The average molecular weight is 1280 g/mol. The average Bonchev–Trinajstić information content (AvgIpc) is 1.75. The van der Waals surface area contributed by atoms with Crippen LogP contribution in [0, 0.1) is 40.2 Å². The summed E-state index contributed by atoms with van der Waals surface area (Å²) in [5.41, 5.74) is -2.70. The van der Waals surface area contributed by atoms with Crippen molar-refractivity contribution >= 4 is 35.5 Å². The van der Waals surface area contributed by atoms with Gasteiger partial charge in [-0.3, -0.25) is 29.6 Å². The molecule has 8 heterocycles. The first-order valence-electron chi connectivity index (χ1n) is 30.4. The topological polar surface area (TPSA) is 203 Å². The zero-order valence-corrected chi connectivity index (χ0v) is 51.4. The lowest BCUT2D eigenvalue weighted by atomic mass is 9.75. The number of rotatable bonds is 21. The quantitative estimate of drug-likeness (QED) is 0.0289. The van der Waals surface area contributed by atoms with Gasteiger partial charge in [0.15, 0.2) is 0 Å². The molecular weight excluding hydrogens is 1200 g/mol. The number of benzene rings is 2. The van der Waals surface area contributed by atoms with Crippen LogP contribution in [0.1, 0.15) is 82.1 Å². The predicted molar refractivity (Wildman–Crippen MR) is 317 cm³/mol. The van der Waals surface area contributed by atoms with Crippen molar-refractivity contribution in [2.24, 2.45) is 16.7 Å². The smallest absolute Gasteiger partial charge is 0.407 e. The molecule has 492 valence electrons. The van der Waals surface area contributed by atoms with Gasteiger partial charge in [0, 0.05) is 98.1 Å². The van der Waals surface area contributed by atoms with Crippen LogP contribution in [0.15, 0.2) is 73.1 Å². The second-order valence-corrected chi connectivity index (χ2v) is 25.6. The van der Waals surface area contributed by atoms with Crippen molar-refractivity contribution in [1.82, 2.24) is 40.8 Å². The van der Waals surface area contributed by atoms with Crippen LogP contribution in [0.25, 0.3) is 11.1 Å². The minimum atomic E-state index is -5.14. The van der Waals surface area contributed by atoms with Crippen molar-refractivity contribution in [2.45, 2.75) is 140 Å². The Kier molecular flexibility index (Phi) is 19.9. The fraction of sp³-hybridized carbons (Fsp3) is 0.562. The lowest BCUT2D eigenvalue weighted by Crippen LogP contribution is -2.62. The van der Waals surface area contributed by atoms with E-state index in [1.165, 1.54) is 6.20 Å². The van der Waals surface area contributed by atoms with Crippen LogP contribution in [0.3, 0.4) is 0 Å². The second kappa shape index (κ2) is 27.2. The number of halogens is 8. The molecule has 8 atom stereocenters. The molecule has 0 saturated carbocycles. The first-order valence-corrected chi connectivity index (χ1v) is 30.4. The Labute approximate surface area is 522 Å². The van der Waals surface area contributed by atoms with Crippen LogP contribution in [0.4, 0.5) is 51.6 Å². The minimum absolute atomic E-state index is 0.0442. The molecule has 0 aliphatic carbocycles. The van der Waals surface area contributed by atoms with Gasteiger partial charge in [-0.1, -0.05) is 37.8 Å². The van der Waals surface area contributed by atoms with Crippen molar-refractivity contribution in [3.8, 4) is 23.0 Å². The zero-order chi connectivity index (χ0) is 65.3. The summed E-state index contributed by atoms with van der Waals surface area (Å²) in [5, 5.41) is 17.3. The predicted octanol–water partition coefficient (Wildman–Crippen LogP) is 6.93. The summed E-state index contributed by atoms with van der Waals surface area (Å²) >= 11 is 0. The van der Waals surface area contributed by atoms with Crippen molar-refractivity contribution in [1.29, 1.82) is 0 Å². The van der Waals surface area contributed by atoms with E-state index in [9.17, 15) is 50.6 Å². The van der Waals surface area contributed by atoms with Crippen LogP contribution in [-0.2, 0) is 46.3 Å². The number of nitrogens with zero attached hydrogens (tertiary/aromatic N) is 7. The van der Waals surface area contributed by atoms with Crippen LogP contribution in [0.5, 0.6) is 0 Å². The Morgan fingerprint density at radius 3 is 1.62 bits per heavy atom. The highest BCUT2D eigenvalue weighted by Gasteiger charge is 2.57. The van der Waals surface area contributed by atoms with Crippen LogP contribution in [0.2, 0.25) is 0 Å². The number of hydrazine groups is 1. The molecule has 3 amide bonds. The van der Waals surface area contributed by atoms with Gasteiger partial charge in [0.2, 0.25) is 11.8 Å². The van der Waals surface area contributed by atoms with Gasteiger partial charge in [0.25, 0.3) is 0 Å². The van der Waals surface area contributed by atoms with E-state index in [-0.39, 0.29) is 5.56 Å². The molecule has 27 heteroatoms. The van der Waals surface area contributed by atoms with Crippen molar-refractivity contribution in [3.05, 3.63) is 107 Å². The van der Waals surface area contributed by atoms with Gasteiger partial charge >= 0.3 is 24.4 Å². The molecule has 0 radical (unpaired) electrons. The SMILES string of the molecule is COC(=O)C[C@H](C(=O)NN(Cc1c(F)cc(-c2ccc(N3CC4CCC(C3)N4C3COC3)nc2)cc1F)C[C@H](O)[C@H](Cc1ccc(C#Cc2ccc(N3CC4CCC(C3)N4C3COC3)nc2)cc1)NC(=O)[C@@H](NC(=O)OC)C(C)(C)C(F)(F)F)C(C)(C)C(F)(F)F. The van der Waals surface area contributed by atoms with E-state index in [1.54, 1.807) is 42.6 Å². The molecule has 91 heavy (non-hydrogen) atoms. The van der Waals surface area contributed by atoms with Crippen LogP contribution >= 0.6 is 0 Å². The number of alkyl halides is 6. The number of amides is 3. The van der Waals surface area contributed by atoms with E-state index < -0.39 is 114 Å². The molecular formula is C64H76F8N10O9. The largest absolute Gasteiger partial charge is 0.469 e. The van der Waals surface area contributed by atoms with E-state index in [0.717, 1.165) is 97.2 Å². The van der Waals surface area contributed by atoms with Crippen molar-refractivity contribution in [2.75, 3.05) is 83.2 Å². The number of ether oxygens (including phenoxy) is 4. The van der Waals surface area contributed by atoms with Gasteiger partial charge in [0.1, 0.15) is 29.3 Å². The molecule has 4 unspecified atom stereocenters. The molecule has 6 fully saturated rings. The number of alkyl carbamates (subject to hydrolysis) is 1. The Balaban J connectivity index is 0.910. The van der Waals surface area contributed by atoms with E-state index in [1.807, 2.05) is 17.4 Å². The summed E-state index contributed by atoms with van der Waals surface area (Å²) in [6.07, 6.45) is -7.86. The van der Waals surface area contributed by atoms with Gasteiger partial charge in [-0.05, 0) is 106 Å². The van der Waals surface area contributed by atoms with Gasteiger partial charge in [-0.15, -0.1) is 0 Å². The molecule has 2 aromatic heterocycles. The Hall–Kier alpha value is -7.22. The maximum Gasteiger partial charge on any atom is 0.407 e. The maximum atomic E-state index is 16.6. The van der Waals surface area contributed by atoms with E-state index in [2.05, 4.69) is 56.6 Å². The zero-order valence-electron chi connectivity index (χ0n) is 51.4. The van der Waals surface area contributed by atoms with Gasteiger partial charge < -0.3 is 44.5 Å². The maximum absolute atomic E-state index is 16.6. The van der Waals surface area contributed by atoms with E-state index in [4.69, 9.17) is 14.5 Å². The number of aliphatic hydroxyl groups excluding tert-OH is 1. The first kappa shape index (κ1) is 66.7. The van der Waals surface area contributed by atoms with E-state index >= 15 is 8.78 Å². The summed E-state index contributed by atoms with van der Waals surface area (Å²) < 4.78 is 142. The number of nitrogens with one attached hydrogen (secondary N) is 3. The number of pyridine rings is 2. The number of fused-ring (bicyclic) bond motifs is 4. The number of hydrogen-bond acceptors (Lipinski definition) is 16. The van der Waals surface area contributed by atoms with Crippen molar-refractivity contribution in [3.63, 3.8) is 0 Å². The third kappa shape index (κ3) is 14.7. The number of aromatic nitrogens is 2. The molecule has 4 bridgehead atoms. The Morgan fingerprint density at radius 1 is 0.659 bits per heavy atom. The standard InChI is InChI=1S/C64H76F8N10O9/c1-61(2,63(67,68)69)49(24-56(84)88-5)58(85)77-80(31-48-50(65)22-41(23-51(48)66)40-14-20-55(74-26-40)79-29-44-17-18-45(30-79)82(44)47-35-91-36-47)32-53(83)52(75-59(86)57(76-60(87)89-6)62(3,4)64(70,71)72)21-38-10-7-37(8-11-38)9-12-39-13-19-54(73-25-39)78-27-42-15-16-43(28-78)81(42)46-33-90-34-46/h7-8,10-11,13-14,19-20,22-23,25-26,42-47,49,52-53,57,83H,15-18,21,24,27-36H2,1-6H3,(H,75,86)(H,76,87)(H,77,85)/t42?,43?,44?,45?,49-,52+,53+,57-/m1/s1. The highest BCUT2D eigenvalue weighted by Crippen LogP contribution is 2.46. The summed E-state index contributed by atoms with van der Waals surface area (Å²) in [6, 6.07) is 13.7. The number of carbonyl (C=O) groups is 4. The van der Waals surface area contributed by atoms with E-state index in [0.29, 0.717) is 110 Å². The molecule has 2 aromatic carbocycles. The number of methoxy groups -OCH3 is 2. The number of piperazine rings is 2. The highest BCUT2D eigenvalue weighted by molar-refractivity contribution is 5.87. The first-order chi connectivity index (χ1) is 43.1. The number of aliphatic hydroxyl groups is 1. The Bertz CT molecular complexity index is 3270. The molecule has 6 saturated heterocycles. The molecule has 19 nitrogen and oxygen atoms in total. The number of carbonyl (C=O) groups excluding carboxylic acids is 4. The fourth-order valence-corrected chi connectivity index (χ4v) is 13.2. The summed E-state index contributed by atoms with van der Waals surface area (Å²) in [4.78, 5) is 72.7. The second-order valence-electron chi connectivity index (χ2n) is 25.6. The van der Waals surface area contributed by atoms with Crippen LogP contribution < -0.4 is 25.9 Å². The number of hydrogen-bond donors (Lipinski definition) is 4. The molecule has 4 aromatic rings. The van der Waals surface area contributed by atoms with Gasteiger partial charge in [-0.25, -0.2) is 28.6 Å². The normalized spacial score (nSPS) is 22.0. The lowest BCUT2D eigenvalue weighted by Gasteiger charge is -2.48. The third-order valence-corrected chi connectivity index (χ3v) is 19.0.